The van der Waals surface area contributed by atoms with Crippen molar-refractivity contribution in [2.75, 3.05) is 7.11 Å². The van der Waals surface area contributed by atoms with Gasteiger partial charge in [-0.25, -0.2) is 0 Å². The number of Topliss-reactive ketones (excluding diaryl/α,β-unsaturated/α-hetero) is 1. The third-order valence-electron chi connectivity index (χ3n) is 4.13. The van der Waals surface area contributed by atoms with Crippen molar-refractivity contribution >= 4 is 11.5 Å². The van der Waals surface area contributed by atoms with Crippen LogP contribution in [-0.2, 0) is 6.42 Å². The molecule has 1 aliphatic heterocycles. The van der Waals surface area contributed by atoms with Crippen molar-refractivity contribution in [2.24, 2.45) is 4.99 Å². The molecule has 0 radical (unpaired) electrons. The van der Waals surface area contributed by atoms with E-state index in [1.807, 2.05) is 36.4 Å². The molecule has 0 saturated heterocycles. The van der Waals surface area contributed by atoms with Gasteiger partial charge in [0.1, 0.15) is 5.75 Å². The lowest BCUT2D eigenvalue weighted by atomic mass is 9.85. The van der Waals surface area contributed by atoms with Crippen molar-refractivity contribution in [3.05, 3.63) is 65.2 Å². The van der Waals surface area contributed by atoms with E-state index in [0.717, 1.165) is 23.4 Å². The average Bonchev–Trinajstić information content (AvgIpc) is 2.54. The van der Waals surface area contributed by atoms with Crippen LogP contribution in [0.3, 0.4) is 0 Å². The second-order valence-corrected chi connectivity index (χ2v) is 6.53. The van der Waals surface area contributed by atoms with Gasteiger partial charge in [-0.2, -0.15) is 0 Å². The van der Waals surface area contributed by atoms with Crippen molar-refractivity contribution in [1.82, 2.24) is 0 Å². The van der Waals surface area contributed by atoms with Gasteiger partial charge in [0.15, 0.2) is 5.78 Å². The molecule has 0 spiro atoms. The van der Waals surface area contributed by atoms with E-state index in [9.17, 15) is 4.79 Å². The van der Waals surface area contributed by atoms with E-state index >= 15 is 0 Å². The minimum absolute atomic E-state index is 0.0823. The minimum Gasteiger partial charge on any atom is -0.497 e. The summed E-state index contributed by atoms with van der Waals surface area (Å²) >= 11 is 0. The summed E-state index contributed by atoms with van der Waals surface area (Å²) in [5.74, 6) is 0.835. The van der Waals surface area contributed by atoms with Crippen molar-refractivity contribution in [2.45, 2.75) is 32.2 Å². The Morgan fingerprint density at radius 2 is 1.83 bits per heavy atom. The van der Waals surface area contributed by atoms with E-state index in [4.69, 9.17) is 9.73 Å². The molecule has 2 aromatic rings. The molecule has 0 aliphatic carbocycles. The molecule has 0 N–H and O–H groups in total. The molecule has 1 aliphatic rings. The van der Waals surface area contributed by atoms with Gasteiger partial charge in [-0.3, -0.25) is 9.79 Å². The molecule has 118 valence electrons. The fourth-order valence-corrected chi connectivity index (χ4v) is 3.05. The Labute approximate surface area is 137 Å². The highest BCUT2D eigenvalue weighted by Gasteiger charge is 2.27. The SMILES string of the molecule is COc1ccc(C(=O)CC2=NC(C)(C)Cc3ccccc32)cc1. The number of rotatable bonds is 4. The van der Waals surface area contributed by atoms with Crippen LogP contribution in [-0.4, -0.2) is 24.1 Å². The molecule has 3 nitrogen and oxygen atoms in total. The van der Waals surface area contributed by atoms with Gasteiger partial charge in [0.2, 0.25) is 0 Å². The maximum Gasteiger partial charge on any atom is 0.168 e. The standard InChI is InChI=1S/C20H21NO2/c1-20(2)13-15-6-4-5-7-17(15)18(21-20)12-19(22)14-8-10-16(23-3)11-9-14/h4-11H,12-13H2,1-3H3. The van der Waals surface area contributed by atoms with Gasteiger partial charge < -0.3 is 4.74 Å². The summed E-state index contributed by atoms with van der Waals surface area (Å²) < 4.78 is 5.14. The fourth-order valence-electron chi connectivity index (χ4n) is 3.05. The lowest BCUT2D eigenvalue weighted by Gasteiger charge is -2.29. The van der Waals surface area contributed by atoms with Gasteiger partial charge in [-0.05, 0) is 55.7 Å². The van der Waals surface area contributed by atoms with E-state index in [1.165, 1.54) is 5.56 Å². The first-order valence-electron chi connectivity index (χ1n) is 7.83. The van der Waals surface area contributed by atoms with Crippen molar-refractivity contribution in [3.8, 4) is 5.75 Å². The Bertz CT molecular complexity index is 757. The highest BCUT2D eigenvalue weighted by molar-refractivity contribution is 6.16. The molecule has 3 rings (SSSR count). The zero-order chi connectivity index (χ0) is 16.4. The van der Waals surface area contributed by atoms with Crippen LogP contribution in [0.1, 0.15) is 41.8 Å². The summed E-state index contributed by atoms with van der Waals surface area (Å²) in [5, 5.41) is 0. The quantitative estimate of drug-likeness (QED) is 0.798. The van der Waals surface area contributed by atoms with Crippen LogP contribution < -0.4 is 4.74 Å². The smallest absolute Gasteiger partial charge is 0.168 e. The van der Waals surface area contributed by atoms with Crippen LogP contribution in [0, 0.1) is 0 Å². The van der Waals surface area contributed by atoms with Gasteiger partial charge in [0.05, 0.1) is 24.8 Å². The summed E-state index contributed by atoms with van der Waals surface area (Å²) in [6.45, 7) is 4.22. The van der Waals surface area contributed by atoms with E-state index in [0.29, 0.717) is 12.0 Å². The first-order chi connectivity index (χ1) is 11.0. The summed E-state index contributed by atoms with van der Waals surface area (Å²) in [5.41, 5.74) is 3.79. The van der Waals surface area contributed by atoms with E-state index < -0.39 is 0 Å². The maximum atomic E-state index is 12.6. The second-order valence-electron chi connectivity index (χ2n) is 6.53. The molecule has 0 bridgehead atoms. The minimum atomic E-state index is -0.163. The lowest BCUT2D eigenvalue weighted by molar-refractivity contribution is 0.100. The van der Waals surface area contributed by atoms with Crippen LogP contribution in [0.4, 0.5) is 0 Å². The Morgan fingerprint density at radius 3 is 2.52 bits per heavy atom. The molecule has 0 unspecified atom stereocenters. The van der Waals surface area contributed by atoms with Crippen molar-refractivity contribution in [1.29, 1.82) is 0 Å². The monoisotopic (exact) mass is 307 g/mol. The Balaban J connectivity index is 1.88. The third kappa shape index (κ3) is 3.34. The number of carbonyl (C=O) groups is 1. The lowest BCUT2D eigenvalue weighted by Crippen LogP contribution is -2.29. The fraction of sp³-hybridized carbons (Fsp3) is 0.300. The summed E-state index contributed by atoms with van der Waals surface area (Å²) in [7, 11) is 1.62. The predicted molar refractivity (Wildman–Crippen MR) is 92.7 cm³/mol. The molecule has 0 fully saturated rings. The van der Waals surface area contributed by atoms with Crippen LogP contribution in [0.25, 0.3) is 0 Å². The van der Waals surface area contributed by atoms with Gasteiger partial charge in [-0.15, -0.1) is 0 Å². The third-order valence-corrected chi connectivity index (χ3v) is 4.13. The summed E-state index contributed by atoms with van der Waals surface area (Å²) in [6, 6.07) is 15.5. The maximum absolute atomic E-state index is 12.6. The average molecular weight is 307 g/mol. The number of ketones is 1. The number of benzene rings is 2. The first kappa shape index (κ1) is 15.5. The molecule has 0 aromatic heterocycles. The Kier molecular flexibility index (Phi) is 4.03. The normalized spacial score (nSPS) is 15.5. The summed E-state index contributed by atoms with van der Waals surface area (Å²) in [4.78, 5) is 17.4. The number of hydrogen-bond donors (Lipinski definition) is 0. The molecule has 0 saturated carbocycles. The molecule has 0 atom stereocenters. The number of nitrogens with zero attached hydrogens (tertiary/aromatic N) is 1. The van der Waals surface area contributed by atoms with Crippen molar-refractivity contribution in [3.63, 3.8) is 0 Å². The predicted octanol–water partition coefficient (Wildman–Crippen LogP) is 4.09. The van der Waals surface area contributed by atoms with Gasteiger partial charge >= 0.3 is 0 Å². The van der Waals surface area contributed by atoms with Crippen LogP contribution in [0.2, 0.25) is 0 Å². The Hall–Kier alpha value is -2.42. The number of hydrogen-bond acceptors (Lipinski definition) is 3. The number of fused-ring (bicyclic) bond motifs is 1. The van der Waals surface area contributed by atoms with Crippen LogP contribution >= 0.6 is 0 Å². The Morgan fingerprint density at radius 1 is 1.13 bits per heavy atom. The van der Waals surface area contributed by atoms with Crippen LogP contribution in [0.15, 0.2) is 53.5 Å². The number of ether oxygens (including phenoxy) is 1. The zero-order valence-corrected chi connectivity index (χ0v) is 13.8. The largest absolute Gasteiger partial charge is 0.497 e. The van der Waals surface area contributed by atoms with Gasteiger partial charge in [0, 0.05) is 5.56 Å². The molecule has 0 amide bonds. The van der Waals surface area contributed by atoms with Gasteiger partial charge in [0.25, 0.3) is 0 Å². The van der Waals surface area contributed by atoms with E-state index in [1.54, 1.807) is 7.11 Å². The van der Waals surface area contributed by atoms with Gasteiger partial charge in [-0.1, -0.05) is 24.3 Å². The van der Waals surface area contributed by atoms with Crippen LogP contribution in [0.5, 0.6) is 5.75 Å². The van der Waals surface area contributed by atoms with E-state index in [2.05, 4.69) is 26.0 Å². The number of carbonyl (C=O) groups excluding carboxylic acids is 1. The molecule has 23 heavy (non-hydrogen) atoms. The zero-order valence-electron chi connectivity index (χ0n) is 13.8. The topological polar surface area (TPSA) is 38.7 Å². The molecule has 2 aromatic carbocycles. The molecule has 1 heterocycles. The summed E-state index contributed by atoms with van der Waals surface area (Å²) in [6.07, 6.45) is 1.23. The second kappa shape index (κ2) is 5.99. The molecular weight excluding hydrogens is 286 g/mol. The molecular formula is C20H21NO2. The number of aliphatic imine (C=N–C) groups is 1. The highest BCUT2D eigenvalue weighted by atomic mass is 16.5. The first-order valence-corrected chi connectivity index (χ1v) is 7.83. The highest BCUT2D eigenvalue weighted by Crippen LogP contribution is 2.28. The molecule has 3 heteroatoms. The van der Waals surface area contributed by atoms with Crippen molar-refractivity contribution < 1.29 is 9.53 Å². The number of methoxy groups -OCH3 is 1. The van der Waals surface area contributed by atoms with E-state index in [-0.39, 0.29) is 11.3 Å².